The first-order valence-electron chi connectivity index (χ1n) is 8.13. The summed E-state index contributed by atoms with van der Waals surface area (Å²) in [6.07, 6.45) is 2.33. The third-order valence-electron chi connectivity index (χ3n) is 5.11. The Morgan fingerprint density at radius 1 is 1.16 bits per heavy atom. The summed E-state index contributed by atoms with van der Waals surface area (Å²) in [6, 6.07) is 14.3. The van der Waals surface area contributed by atoms with Gasteiger partial charge in [-0.2, -0.15) is 5.10 Å². The molecule has 0 unspecified atom stereocenters. The number of halogens is 1. The highest BCUT2D eigenvalue weighted by molar-refractivity contribution is 5.84. The van der Waals surface area contributed by atoms with Crippen LogP contribution in [-0.4, -0.2) is 20.9 Å². The topological polar surface area (TPSA) is 55.1 Å². The molecule has 0 aliphatic heterocycles. The summed E-state index contributed by atoms with van der Waals surface area (Å²) in [7, 11) is 0. The van der Waals surface area contributed by atoms with Gasteiger partial charge in [-0.25, -0.2) is 9.07 Å². The summed E-state index contributed by atoms with van der Waals surface area (Å²) < 4.78 is 15.8. The Bertz CT molecular complexity index is 965. The smallest absolute Gasteiger partial charge is 0.314 e. The quantitative estimate of drug-likeness (QED) is 0.797. The summed E-state index contributed by atoms with van der Waals surface area (Å²) in [4.78, 5) is 12.2. The number of hydrogen-bond donors (Lipinski definition) is 1. The lowest BCUT2D eigenvalue weighted by Crippen LogP contribution is -2.38. The van der Waals surface area contributed by atoms with Crippen LogP contribution in [0.15, 0.2) is 54.7 Å². The molecule has 0 radical (unpaired) electrons. The van der Waals surface area contributed by atoms with E-state index in [0.717, 1.165) is 16.9 Å². The zero-order chi connectivity index (χ0) is 17.6. The molecule has 4 rings (SSSR count). The van der Waals surface area contributed by atoms with Crippen molar-refractivity contribution < 1.29 is 14.3 Å². The van der Waals surface area contributed by atoms with Crippen molar-refractivity contribution in [2.24, 2.45) is 0 Å². The molecule has 1 aromatic heterocycles. The van der Waals surface area contributed by atoms with Gasteiger partial charge in [-0.05, 0) is 48.2 Å². The Morgan fingerprint density at radius 2 is 1.92 bits per heavy atom. The van der Waals surface area contributed by atoms with Crippen molar-refractivity contribution >= 4 is 5.97 Å². The predicted octanol–water partition coefficient (Wildman–Crippen LogP) is 3.44. The molecule has 4 nitrogen and oxygen atoms in total. The minimum atomic E-state index is -1.16. The number of hydrogen-bond acceptors (Lipinski definition) is 2. The van der Waals surface area contributed by atoms with Crippen molar-refractivity contribution in [2.45, 2.75) is 25.2 Å². The number of aliphatic carboxylic acids is 1. The highest BCUT2D eigenvalue weighted by Crippen LogP contribution is 2.42. The minimum absolute atomic E-state index is 0.289. The first-order valence-corrected chi connectivity index (χ1v) is 8.13. The van der Waals surface area contributed by atoms with Crippen LogP contribution in [0.4, 0.5) is 4.39 Å². The summed E-state index contributed by atoms with van der Waals surface area (Å²) in [5.74, 6) is -1.31. The number of aromatic nitrogens is 2. The number of benzene rings is 2. The van der Waals surface area contributed by atoms with Crippen molar-refractivity contribution in [3.8, 4) is 5.69 Å². The van der Waals surface area contributed by atoms with Gasteiger partial charge in [-0.15, -0.1) is 0 Å². The SMILES string of the molecule is Cc1c(F)cccc1[C@]1(C(=O)O)Cc2cnn(-c3ccccc3)c2C1. The number of rotatable bonds is 3. The van der Waals surface area contributed by atoms with E-state index >= 15 is 0 Å². The molecule has 2 aromatic carbocycles. The van der Waals surface area contributed by atoms with Crippen molar-refractivity contribution in [1.29, 1.82) is 0 Å². The van der Waals surface area contributed by atoms with E-state index in [0.29, 0.717) is 17.5 Å². The molecule has 0 bridgehead atoms. The molecule has 1 N–H and O–H groups in total. The molecule has 1 atom stereocenters. The minimum Gasteiger partial charge on any atom is -0.481 e. The number of nitrogens with zero attached hydrogens (tertiary/aromatic N) is 2. The normalized spacial score (nSPS) is 19.0. The third-order valence-corrected chi connectivity index (χ3v) is 5.11. The van der Waals surface area contributed by atoms with Gasteiger partial charge < -0.3 is 5.11 Å². The van der Waals surface area contributed by atoms with E-state index in [-0.39, 0.29) is 12.2 Å². The lowest BCUT2D eigenvalue weighted by atomic mass is 9.76. The highest BCUT2D eigenvalue weighted by atomic mass is 19.1. The van der Waals surface area contributed by atoms with Crippen LogP contribution in [0.5, 0.6) is 0 Å². The molecule has 126 valence electrons. The maximum atomic E-state index is 14.1. The second-order valence-electron chi connectivity index (χ2n) is 6.52. The lowest BCUT2D eigenvalue weighted by molar-refractivity contribution is -0.143. The van der Waals surface area contributed by atoms with Crippen molar-refractivity contribution in [1.82, 2.24) is 9.78 Å². The van der Waals surface area contributed by atoms with E-state index in [4.69, 9.17) is 0 Å². The van der Waals surface area contributed by atoms with Gasteiger partial charge >= 0.3 is 5.97 Å². The number of carboxylic acids is 1. The third kappa shape index (κ3) is 2.27. The van der Waals surface area contributed by atoms with Gasteiger partial charge in [0.05, 0.1) is 11.9 Å². The second kappa shape index (κ2) is 5.55. The van der Waals surface area contributed by atoms with Crippen LogP contribution >= 0.6 is 0 Å². The van der Waals surface area contributed by atoms with E-state index in [2.05, 4.69) is 5.10 Å². The first kappa shape index (κ1) is 15.6. The van der Waals surface area contributed by atoms with Gasteiger partial charge in [-0.3, -0.25) is 4.79 Å². The Hall–Kier alpha value is -2.95. The van der Waals surface area contributed by atoms with Gasteiger partial charge in [0.25, 0.3) is 0 Å². The number of fused-ring (bicyclic) bond motifs is 1. The van der Waals surface area contributed by atoms with Gasteiger partial charge in [-0.1, -0.05) is 30.3 Å². The average molecular weight is 336 g/mol. The van der Waals surface area contributed by atoms with Crippen LogP contribution in [0, 0.1) is 12.7 Å². The molecule has 0 saturated heterocycles. The molecule has 1 aliphatic carbocycles. The molecule has 0 amide bonds. The maximum absolute atomic E-state index is 14.1. The van der Waals surface area contributed by atoms with Crippen LogP contribution in [0.1, 0.15) is 22.4 Å². The number of para-hydroxylation sites is 1. The van der Waals surface area contributed by atoms with E-state index in [9.17, 15) is 14.3 Å². The van der Waals surface area contributed by atoms with Gasteiger partial charge in [0.1, 0.15) is 11.2 Å². The van der Waals surface area contributed by atoms with Gasteiger partial charge in [0, 0.05) is 12.1 Å². The van der Waals surface area contributed by atoms with Crippen LogP contribution in [0.2, 0.25) is 0 Å². The van der Waals surface area contributed by atoms with Crippen molar-refractivity contribution in [3.63, 3.8) is 0 Å². The van der Waals surface area contributed by atoms with Gasteiger partial charge in [0.15, 0.2) is 0 Å². The Morgan fingerprint density at radius 3 is 2.64 bits per heavy atom. The van der Waals surface area contributed by atoms with Crippen LogP contribution in [0.3, 0.4) is 0 Å². The predicted molar refractivity (Wildman–Crippen MR) is 91.4 cm³/mol. The van der Waals surface area contributed by atoms with Crippen LogP contribution in [-0.2, 0) is 23.1 Å². The van der Waals surface area contributed by atoms with E-state index in [1.807, 2.05) is 30.3 Å². The summed E-state index contributed by atoms with van der Waals surface area (Å²) in [5, 5.41) is 14.4. The highest BCUT2D eigenvalue weighted by Gasteiger charge is 2.48. The summed E-state index contributed by atoms with van der Waals surface area (Å²) in [6.45, 7) is 1.64. The molecule has 3 aromatic rings. The second-order valence-corrected chi connectivity index (χ2v) is 6.52. The number of carboxylic acid groups (broad SMARTS) is 1. The van der Waals surface area contributed by atoms with E-state index in [1.54, 1.807) is 29.9 Å². The molecule has 5 heteroatoms. The Balaban J connectivity index is 1.84. The van der Waals surface area contributed by atoms with Crippen molar-refractivity contribution in [2.75, 3.05) is 0 Å². The first-order chi connectivity index (χ1) is 12.0. The van der Waals surface area contributed by atoms with Crippen molar-refractivity contribution in [3.05, 3.63) is 82.9 Å². The molecular formula is C20H17FN2O2. The fraction of sp³-hybridized carbons (Fsp3) is 0.200. The molecule has 25 heavy (non-hydrogen) atoms. The molecule has 0 spiro atoms. The molecule has 0 fully saturated rings. The maximum Gasteiger partial charge on any atom is 0.314 e. The fourth-order valence-electron chi connectivity index (χ4n) is 3.79. The standard InChI is InChI=1S/C20H17FN2O2/c1-13-16(8-5-9-17(13)21)20(19(24)25)10-14-12-22-23(18(14)11-20)15-6-3-2-4-7-15/h2-9,12H,10-11H2,1H3,(H,24,25)/t20-/m0/s1. The van der Waals surface area contributed by atoms with E-state index in [1.165, 1.54) is 6.07 Å². The van der Waals surface area contributed by atoms with Gasteiger partial charge in [0.2, 0.25) is 0 Å². The van der Waals surface area contributed by atoms with Crippen LogP contribution < -0.4 is 0 Å². The lowest BCUT2D eigenvalue weighted by Gasteiger charge is -2.26. The Kier molecular flexibility index (Phi) is 3.46. The average Bonchev–Trinajstić information content (AvgIpc) is 3.16. The molecule has 0 saturated carbocycles. The number of carbonyl (C=O) groups is 1. The molecule has 1 heterocycles. The zero-order valence-corrected chi connectivity index (χ0v) is 13.7. The van der Waals surface area contributed by atoms with Crippen LogP contribution in [0.25, 0.3) is 5.69 Å². The zero-order valence-electron chi connectivity index (χ0n) is 13.7. The van der Waals surface area contributed by atoms with E-state index < -0.39 is 11.4 Å². The Labute approximate surface area is 144 Å². The summed E-state index contributed by atoms with van der Waals surface area (Å²) in [5.41, 5.74) is 2.44. The largest absolute Gasteiger partial charge is 0.481 e. The summed E-state index contributed by atoms with van der Waals surface area (Å²) >= 11 is 0. The fourth-order valence-corrected chi connectivity index (χ4v) is 3.79. The molecular weight excluding hydrogens is 319 g/mol. The monoisotopic (exact) mass is 336 g/mol. The molecule has 1 aliphatic rings.